The third-order valence-electron chi connectivity index (χ3n) is 3.54. The van der Waals surface area contributed by atoms with Crippen molar-refractivity contribution < 1.29 is 0 Å². The molecule has 0 radical (unpaired) electrons. The van der Waals surface area contributed by atoms with Crippen LogP contribution in [0.5, 0.6) is 0 Å². The predicted octanol–water partition coefficient (Wildman–Crippen LogP) is 2.45. The number of rotatable bonds is 4. The van der Waals surface area contributed by atoms with Crippen molar-refractivity contribution in [3.8, 4) is 0 Å². The van der Waals surface area contributed by atoms with Crippen LogP contribution in [0.2, 0.25) is 0 Å². The Morgan fingerprint density at radius 3 is 2.35 bits per heavy atom. The third kappa shape index (κ3) is 6.09. The number of halogens is 1. The minimum Gasteiger partial charge on any atom is -0.370 e. The van der Waals surface area contributed by atoms with Gasteiger partial charge in [-0.3, -0.25) is 4.90 Å². The van der Waals surface area contributed by atoms with Gasteiger partial charge in [-0.2, -0.15) is 0 Å². The van der Waals surface area contributed by atoms with Crippen LogP contribution >= 0.6 is 24.0 Å². The normalized spacial score (nSPS) is 16.0. The van der Waals surface area contributed by atoms with E-state index in [1.807, 2.05) is 0 Å². The molecule has 20 heavy (non-hydrogen) atoms. The van der Waals surface area contributed by atoms with Gasteiger partial charge in [0.05, 0.1) is 6.54 Å². The molecule has 0 saturated carbocycles. The summed E-state index contributed by atoms with van der Waals surface area (Å²) in [6, 6.07) is 8.55. The zero-order valence-electron chi connectivity index (χ0n) is 11.9. The van der Waals surface area contributed by atoms with E-state index in [4.69, 9.17) is 11.5 Å². The molecule has 112 valence electrons. The van der Waals surface area contributed by atoms with Crippen molar-refractivity contribution in [1.29, 1.82) is 0 Å². The Balaban J connectivity index is 0.00000200. The molecule has 2 rings (SSSR count). The number of nitrogens with two attached hydrogens (primary N) is 2. The van der Waals surface area contributed by atoms with Gasteiger partial charge < -0.3 is 11.5 Å². The van der Waals surface area contributed by atoms with Gasteiger partial charge in [0, 0.05) is 6.54 Å². The van der Waals surface area contributed by atoms with E-state index in [0.29, 0.717) is 6.54 Å². The van der Waals surface area contributed by atoms with Crippen LogP contribution in [0.3, 0.4) is 0 Å². The van der Waals surface area contributed by atoms with Crippen LogP contribution in [0.1, 0.15) is 36.8 Å². The fraction of sp³-hybridized carbons (Fsp3) is 0.533. The van der Waals surface area contributed by atoms with Gasteiger partial charge in [-0.1, -0.05) is 37.1 Å². The van der Waals surface area contributed by atoms with Gasteiger partial charge in [0.15, 0.2) is 5.96 Å². The van der Waals surface area contributed by atoms with Gasteiger partial charge in [-0.05, 0) is 37.1 Å². The molecule has 1 saturated heterocycles. The summed E-state index contributed by atoms with van der Waals surface area (Å²) in [6.07, 6.45) is 5.41. The molecule has 0 unspecified atom stereocenters. The van der Waals surface area contributed by atoms with E-state index < -0.39 is 0 Å². The van der Waals surface area contributed by atoms with Crippen LogP contribution in [0.4, 0.5) is 0 Å². The summed E-state index contributed by atoms with van der Waals surface area (Å²) in [7, 11) is 0. The lowest BCUT2D eigenvalue weighted by atomic mass is 10.1. The van der Waals surface area contributed by atoms with E-state index in [0.717, 1.165) is 6.54 Å². The number of nitrogens with zero attached hydrogens (tertiary/aromatic N) is 2. The van der Waals surface area contributed by atoms with Crippen LogP contribution in [-0.4, -0.2) is 23.9 Å². The van der Waals surface area contributed by atoms with E-state index in [1.54, 1.807) is 0 Å². The van der Waals surface area contributed by atoms with Crippen molar-refractivity contribution in [3.63, 3.8) is 0 Å². The maximum absolute atomic E-state index is 5.36. The predicted molar refractivity (Wildman–Crippen MR) is 95.1 cm³/mol. The SMILES string of the molecule is I.NC(N)=NCc1cccc(CN2CCCCCC2)c1. The van der Waals surface area contributed by atoms with Crippen molar-refractivity contribution in [1.82, 2.24) is 4.90 Å². The number of guanidine groups is 1. The number of hydrogen-bond acceptors (Lipinski definition) is 2. The Hall–Kier alpha value is -0.820. The summed E-state index contributed by atoms with van der Waals surface area (Å²) in [5, 5.41) is 0. The quantitative estimate of drug-likeness (QED) is 0.473. The smallest absolute Gasteiger partial charge is 0.186 e. The zero-order valence-corrected chi connectivity index (χ0v) is 14.3. The summed E-state index contributed by atoms with van der Waals surface area (Å²) in [5.41, 5.74) is 13.2. The first-order valence-corrected chi connectivity index (χ1v) is 7.09. The lowest BCUT2D eigenvalue weighted by Crippen LogP contribution is -2.24. The Bertz CT molecular complexity index is 422. The van der Waals surface area contributed by atoms with Crippen molar-refractivity contribution in [2.24, 2.45) is 16.5 Å². The molecule has 0 aromatic heterocycles. The molecule has 4 N–H and O–H groups in total. The lowest BCUT2D eigenvalue weighted by molar-refractivity contribution is 0.277. The van der Waals surface area contributed by atoms with Gasteiger partial charge in [-0.15, -0.1) is 24.0 Å². The molecule has 1 fully saturated rings. The summed E-state index contributed by atoms with van der Waals surface area (Å²) >= 11 is 0. The Morgan fingerprint density at radius 1 is 1.05 bits per heavy atom. The zero-order chi connectivity index (χ0) is 13.5. The summed E-state index contributed by atoms with van der Waals surface area (Å²) in [6.45, 7) is 4.04. The minimum atomic E-state index is 0. The monoisotopic (exact) mass is 388 g/mol. The Morgan fingerprint density at radius 2 is 1.70 bits per heavy atom. The van der Waals surface area contributed by atoms with Gasteiger partial charge in [0.1, 0.15) is 0 Å². The fourth-order valence-corrected chi connectivity index (χ4v) is 2.56. The van der Waals surface area contributed by atoms with Gasteiger partial charge in [0.25, 0.3) is 0 Å². The molecule has 0 spiro atoms. The van der Waals surface area contributed by atoms with E-state index in [2.05, 4.69) is 34.2 Å². The van der Waals surface area contributed by atoms with Crippen LogP contribution in [0.15, 0.2) is 29.3 Å². The summed E-state index contributed by atoms with van der Waals surface area (Å²) in [5.74, 6) is 0.151. The first-order chi connectivity index (χ1) is 9.24. The van der Waals surface area contributed by atoms with Crippen LogP contribution < -0.4 is 11.5 Å². The van der Waals surface area contributed by atoms with E-state index in [1.165, 1.54) is 49.9 Å². The molecule has 0 aliphatic carbocycles. The topological polar surface area (TPSA) is 67.6 Å². The van der Waals surface area contributed by atoms with Crippen LogP contribution in [0.25, 0.3) is 0 Å². The second-order valence-electron chi connectivity index (χ2n) is 5.25. The second-order valence-corrected chi connectivity index (χ2v) is 5.25. The highest BCUT2D eigenvalue weighted by Crippen LogP contribution is 2.14. The average Bonchev–Trinajstić information content (AvgIpc) is 2.65. The molecular weight excluding hydrogens is 363 g/mol. The second kappa shape index (κ2) is 9.18. The number of hydrogen-bond donors (Lipinski definition) is 2. The maximum Gasteiger partial charge on any atom is 0.186 e. The molecule has 0 atom stereocenters. The molecular formula is C15H25IN4. The number of likely N-dealkylation sites (tertiary alicyclic amines) is 1. The van der Waals surface area contributed by atoms with Crippen molar-refractivity contribution in [2.45, 2.75) is 38.8 Å². The van der Waals surface area contributed by atoms with E-state index in [-0.39, 0.29) is 29.9 Å². The molecule has 1 aliphatic heterocycles. The van der Waals surface area contributed by atoms with E-state index in [9.17, 15) is 0 Å². The highest BCUT2D eigenvalue weighted by atomic mass is 127. The van der Waals surface area contributed by atoms with Crippen molar-refractivity contribution >= 4 is 29.9 Å². The van der Waals surface area contributed by atoms with Gasteiger partial charge in [0.2, 0.25) is 0 Å². The number of benzene rings is 1. The maximum atomic E-state index is 5.36. The highest BCUT2D eigenvalue weighted by Gasteiger charge is 2.09. The van der Waals surface area contributed by atoms with E-state index >= 15 is 0 Å². The minimum absolute atomic E-state index is 0. The first kappa shape index (κ1) is 17.2. The molecule has 5 heteroatoms. The molecule has 4 nitrogen and oxygen atoms in total. The Kier molecular flexibility index (Phi) is 7.91. The highest BCUT2D eigenvalue weighted by molar-refractivity contribution is 14.0. The fourth-order valence-electron chi connectivity index (χ4n) is 2.56. The van der Waals surface area contributed by atoms with Crippen molar-refractivity contribution in [2.75, 3.05) is 13.1 Å². The lowest BCUT2D eigenvalue weighted by Gasteiger charge is -2.20. The standard InChI is InChI=1S/C15H24N4.HI/c16-15(17)18-11-13-6-5-7-14(10-13)12-19-8-3-1-2-4-9-19;/h5-7,10H,1-4,8-9,11-12H2,(H4,16,17,18);1H. The number of aliphatic imine (C=N–C) groups is 1. The first-order valence-electron chi connectivity index (χ1n) is 7.09. The average molecular weight is 388 g/mol. The van der Waals surface area contributed by atoms with Gasteiger partial charge in [-0.25, -0.2) is 4.99 Å². The molecule has 0 amide bonds. The Labute approximate surface area is 138 Å². The van der Waals surface area contributed by atoms with Gasteiger partial charge >= 0.3 is 0 Å². The molecule has 1 aromatic rings. The van der Waals surface area contributed by atoms with Crippen LogP contribution in [0, 0.1) is 0 Å². The third-order valence-corrected chi connectivity index (χ3v) is 3.54. The summed E-state index contributed by atoms with van der Waals surface area (Å²) in [4.78, 5) is 6.60. The molecule has 0 bridgehead atoms. The molecule has 1 aromatic carbocycles. The summed E-state index contributed by atoms with van der Waals surface area (Å²) < 4.78 is 0. The van der Waals surface area contributed by atoms with Crippen molar-refractivity contribution in [3.05, 3.63) is 35.4 Å². The largest absolute Gasteiger partial charge is 0.370 e. The molecule has 1 heterocycles. The van der Waals surface area contributed by atoms with Crippen LogP contribution in [-0.2, 0) is 13.1 Å². The molecule has 1 aliphatic rings.